The van der Waals surface area contributed by atoms with Crippen LogP contribution in [0.25, 0.3) is 0 Å². The van der Waals surface area contributed by atoms with Crippen molar-refractivity contribution in [3.63, 3.8) is 0 Å². The Hall–Kier alpha value is -1.33. The fourth-order valence-electron chi connectivity index (χ4n) is 2.34. The maximum absolute atomic E-state index is 11.0. The van der Waals surface area contributed by atoms with E-state index in [1.54, 1.807) is 0 Å². The standard InChI is InChI=1S/C14H20ClN3O2/c1-14(3-5-18(2)6-4-14)9-17-12-7-10(13(19)20)11(15)8-16-12/h7-8H,3-6,9H2,1-2H3,(H,16,17)(H,19,20). The van der Waals surface area contributed by atoms with E-state index in [1.807, 2.05) is 0 Å². The molecule has 1 aliphatic heterocycles. The van der Waals surface area contributed by atoms with Crippen molar-refractivity contribution >= 4 is 23.4 Å². The third-order valence-corrected chi connectivity index (χ3v) is 4.28. The summed E-state index contributed by atoms with van der Waals surface area (Å²) in [6.07, 6.45) is 3.62. The number of aromatic nitrogens is 1. The fraction of sp³-hybridized carbons (Fsp3) is 0.571. The van der Waals surface area contributed by atoms with Crippen molar-refractivity contribution < 1.29 is 9.90 Å². The number of piperidine rings is 1. The highest BCUT2D eigenvalue weighted by atomic mass is 35.5. The smallest absolute Gasteiger partial charge is 0.337 e. The molecule has 1 aliphatic rings. The van der Waals surface area contributed by atoms with E-state index >= 15 is 0 Å². The van der Waals surface area contributed by atoms with E-state index in [2.05, 4.69) is 29.2 Å². The number of carboxylic acid groups (broad SMARTS) is 1. The van der Waals surface area contributed by atoms with Gasteiger partial charge < -0.3 is 15.3 Å². The highest BCUT2D eigenvalue weighted by molar-refractivity contribution is 6.33. The molecule has 1 aromatic heterocycles. The minimum absolute atomic E-state index is 0.0812. The number of nitrogens with zero attached hydrogens (tertiary/aromatic N) is 2. The molecule has 0 saturated carbocycles. The molecule has 0 aliphatic carbocycles. The summed E-state index contributed by atoms with van der Waals surface area (Å²) in [6, 6.07) is 1.49. The van der Waals surface area contributed by atoms with Crippen molar-refractivity contribution in [2.45, 2.75) is 19.8 Å². The van der Waals surface area contributed by atoms with E-state index in [4.69, 9.17) is 16.7 Å². The van der Waals surface area contributed by atoms with E-state index in [-0.39, 0.29) is 16.0 Å². The average Bonchev–Trinajstić information content (AvgIpc) is 2.41. The highest BCUT2D eigenvalue weighted by Gasteiger charge is 2.28. The Labute approximate surface area is 123 Å². The van der Waals surface area contributed by atoms with Crippen molar-refractivity contribution in [1.29, 1.82) is 0 Å². The van der Waals surface area contributed by atoms with E-state index in [0.29, 0.717) is 5.82 Å². The summed E-state index contributed by atoms with van der Waals surface area (Å²) >= 11 is 5.81. The van der Waals surface area contributed by atoms with Crippen molar-refractivity contribution in [2.75, 3.05) is 32.0 Å². The Bertz CT molecular complexity index is 499. The lowest BCUT2D eigenvalue weighted by Crippen LogP contribution is -2.40. The number of halogens is 1. The Kier molecular flexibility index (Phi) is 4.50. The Morgan fingerprint density at radius 3 is 2.80 bits per heavy atom. The lowest BCUT2D eigenvalue weighted by atomic mass is 9.80. The van der Waals surface area contributed by atoms with Crippen LogP contribution in [0.5, 0.6) is 0 Å². The molecule has 0 radical (unpaired) electrons. The first kappa shape index (κ1) is 15.1. The van der Waals surface area contributed by atoms with E-state index in [0.717, 1.165) is 32.5 Å². The van der Waals surface area contributed by atoms with Crippen LogP contribution >= 0.6 is 11.6 Å². The quantitative estimate of drug-likeness (QED) is 0.894. The van der Waals surface area contributed by atoms with Crippen LogP contribution in [0.2, 0.25) is 5.02 Å². The fourth-order valence-corrected chi connectivity index (χ4v) is 2.52. The molecule has 20 heavy (non-hydrogen) atoms. The van der Waals surface area contributed by atoms with Crippen molar-refractivity contribution in [3.8, 4) is 0 Å². The number of nitrogens with one attached hydrogen (secondary N) is 1. The van der Waals surface area contributed by atoms with Crippen LogP contribution < -0.4 is 5.32 Å². The zero-order chi connectivity index (χ0) is 14.8. The van der Waals surface area contributed by atoms with Gasteiger partial charge in [0.2, 0.25) is 0 Å². The molecular weight excluding hydrogens is 278 g/mol. The molecule has 2 rings (SSSR count). The number of anilines is 1. The van der Waals surface area contributed by atoms with Crippen LogP contribution in [0.1, 0.15) is 30.1 Å². The van der Waals surface area contributed by atoms with Crippen LogP contribution in [0.15, 0.2) is 12.3 Å². The summed E-state index contributed by atoms with van der Waals surface area (Å²) in [7, 11) is 2.13. The van der Waals surface area contributed by atoms with Crippen LogP contribution in [0.3, 0.4) is 0 Å². The van der Waals surface area contributed by atoms with Gasteiger partial charge in [0.25, 0.3) is 0 Å². The van der Waals surface area contributed by atoms with Crippen molar-refractivity contribution in [1.82, 2.24) is 9.88 Å². The van der Waals surface area contributed by atoms with Gasteiger partial charge in [0.1, 0.15) is 5.82 Å². The molecule has 0 bridgehead atoms. The first-order chi connectivity index (χ1) is 9.39. The van der Waals surface area contributed by atoms with Gasteiger partial charge in [-0.3, -0.25) is 0 Å². The Morgan fingerprint density at radius 2 is 2.20 bits per heavy atom. The van der Waals surface area contributed by atoms with E-state index < -0.39 is 5.97 Å². The van der Waals surface area contributed by atoms with Gasteiger partial charge in [-0.05, 0) is 44.5 Å². The van der Waals surface area contributed by atoms with Gasteiger partial charge in [-0.2, -0.15) is 0 Å². The predicted octanol–water partition coefficient (Wildman–Crippen LogP) is 2.58. The van der Waals surface area contributed by atoms with E-state index in [1.165, 1.54) is 12.3 Å². The van der Waals surface area contributed by atoms with Crippen LogP contribution in [-0.4, -0.2) is 47.6 Å². The van der Waals surface area contributed by atoms with Gasteiger partial charge in [0.05, 0.1) is 10.6 Å². The molecule has 1 fully saturated rings. The third kappa shape index (κ3) is 3.61. The topological polar surface area (TPSA) is 65.5 Å². The number of likely N-dealkylation sites (tertiary alicyclic amines) is 1. The molecule has 0 unspecified atom stereocenters. The van der Waals surface area contributed by atoms with E-state index in [9.17, 15) is 4.79 Å². The molecule has 2 N–H and O–H groups in total. The van der Waals surface area contributed by atoms with Crippen molar-refractivity contribution in [3.05, 3.63) is 22.8 Å². The van der Waals surface area contributed by atoms with Gasteiger partial charge in [-0.25, -0.2) is 9.78 Å². The second kappa shape index (κ2) is 5.97. The molecule has 0 atom stereocenters. The minimum Gasteiger partial charge on any atom is -0.478 e. The Morgan fingerprint density at radius 1 is 1.55 bits per heavy atom. The molecule has 0 amide bonds. The summed E-state index contributed by atoms with van der Waals surface area (Å²) in [5.74, 6) is -0.474. The number of carboxylic acids is 1. The summed E-state index contributed by atoms with van der Waals surface area (Å²) in [5.41, 5.74) is 0.301. The first-order valence-electron chi connectivity index (χ1n) is 6.71. The summed E-state index contributed by atoms with van der Waals surface area (Å²) in [4.78, 5) is 17.5. The summed E-state index contributed by atoms with van der Waals surface area (Å²) < 4.78 is 0. The lowest BCUT2D eigenvalue weighted by molar-refractivity contribution is 0.0697. The van der Waals surface area contributed by atoms with Gasteiger partial charge in [-0.1, -0.05) is 18.5 Å². The molecule has 1 saturated heterocycles. The molecule has 5 nitrogen and oxygen atoms in total. The number of hydrogen-bond acceptors (Lipinski definition) is 4. The second-order valence-electron chi connectivity index (χ2n) is 5.82. The van der Waals surface area contributed by atoms with Crippen LogP contribution in [0.4, 0.5) is 5.82 Å². The second-order valence-corrected chi connectivity index (χ2v) is 6.23. The number of aromatic carboxylic acids is 1. The molecular formula is C14H20ClN3O2. The maximum atomic E-state index is 11.0. The molecule has 2 heterocycles. The van der Waals surface area contributed by atoms with Gasteiger partial charge in [-0.15, -0.1) is 0 Å². The lowest BCUT2D eigenvalue weighted by Gasteiger charge is -2.38. The zero-order valence-corrected chi connectivity index (χ0v) is 12.6. The van der Waals surface area contributed by atoms with Gasteiger partial charge in [0.15, 0.2) is 0 Å². The third-order valence-electron chi connectivity index (χ3n) is 3.98. The number of rotatable bonds is 4. The average molecular weight is 298 g/mol. The number of pyridine rings is 1. The minimum atomic E-state index is -1.04. The zero-order valence-electron chi connectivity index (χ0n) is 11.8. The van der Waals surface area contributed by atoms with Gasteiger partial charge >= 0.3 is 5.97 Å². The SMILES string of the molecule is CN1CCC(C)(CNc2cc(C(=O)O)c(Cl)cn2)CC1. The normalized spacial score (nSPS) is 18.8. The highest BCUT2D eigenvalue weighted by Crippen LogP contribution is 2.30. The summed E-state index contributed by atoms with van der Waals surface area (Å²) in [6.45, 7) is 5.22. The van der Waals surface area contributed by atoms with Crippen LogP contribution in [-0.2, 0) is 0 Å². The van der Waals surface area contributed by atoms with Crippen LogP contribution in [0, 0.1) is 5.41 Å². The Balaban J connectivity index is 2.00. The number of hydrogen-bond donors (Lipinski definition) is 2. The van der Waals surface area contributed by atoms with Gasteiger partial charge in [0, 0.05) is 12.7 Å². The van der Waals surface area contributed by atoms with Crippen molar-refractivity contribution in [2.24, 2.45) is 5.41 Å². The largest absolute Gasteiger partial charge is 0.478 e. The molecule has 6 heteroatoms. The number of carbonyl (C=O) groups is 1. The predicted molar refractivity (Wildman–Crippen MR) is 79.5 cm³/mol. The molecule has 0 spiro atoms. The molecule has 0 aromatic carbocycles. The maximum Gasteiger partial charge on any atom is 0.337 e. The molecule has 1 aromatic rings. The summed E-state index contributed by atoms with van der Waals surface area (Å²) in [5, 5.41) is 12.4. The first-order valence-corrected chi connectivity index (χ1v) is 7.09. The molecule has 110 valence electrons. The monoisotopic (exact) mass is 297 g/mol.